The molecule has 0 aliphatic heterocycles. The van der Waals surface area contributed by atoms with Gasteiger partial charge >= 0.3 is 11.9 Å². The van der Waals surface area contributed by atoms with Crippen LogP contribution in [0, 0.1) is 0 Å². The van der Waals surface area contributed by atoms with Gasteiger partial charge in [0, 0.05) is 12.2 Å². The number of carbonyl (C=O) groups excluding carboxylic acids is 2. The van der Waals surface area contributed by atoms with Crippen LogP contribution in [0.15, 0.2) is 49.6 Å². The molecule has 0 aliphatic rings. The fourth-order valence-electron chi connectivity index (χ4n) is 1.12. The van der Waals surface area contributed by atoms with E-state index in [0.717, 1.165) is 12.2 Å². The summed E-state index contributed by atoms with van der Waals surface area (Å²) in [6.45, 7) is 6.94. The summed E-state index contributed by atoms with van der Waals surface area (Å²) in [4.78, 5) is 21.7. The van der Waals surface area contributed by atoms with E-state index >= 15 is 0 Å². The Morgan fingerprint density at radius 3 is 2.11 bits per heavy atom. The minimum atomic E-state index is -0.523. The number of ether oxygens (including phenoxy) is 3. The van der Waals surface area contributed by atoms with Crippen LogP contribution in [-0.4, -0.2) is 25.2 Å². The fraction of sp³-hybridized carbons (Fsp3) is 0.143. The van der Waals surface area contributed by atoms with Crippen molar-refractivity contribution in [1.29, 1.82) is 0 Å². The molecule has 1 aromatic rings. The summed E-state index contributed by atoms with van der Waals surface area (Å²) < 4.78 is 15.0. The van der Waals surface area contributed by atoms with E-state index < -0.39 is 11.9 Å². The quantitative estimate of drug-likeness (QED) is 0.325. The molecule has 0 N–H and O–H groups in total. The molecule has 19 heavy (non-hydrogen) atoms. The number of carbonyl (C=O) groups is 2. The van der Waals surface area contributed by atoms with E-state index in [4.69, 9.17) is 14.2 Å². The number of benzene rings is 1. The average Bonchev–Trinajstić information content (AvgIpc) is 2.44. The smallest absolute Gasteiger partial charge is 0.335 e. The van der Waals surface area contributed by atoms with Crippen molar-refractivity contribution in [3.8, 4) is 11.5 Å². The number of esters is 2. The van der Waals surface area contributed by atoms with Gasteiger partial charge in [-0.3, -0.25) is 0 Å². The van der Waals surface area contributed by atoms with E-state index in [2.05, 4.69) is 13.2 Å². The Morgan fingerprint density at radius 1 is 0.947 bits per heavy atom. The van der Waals surface area contributed by atoms with Gasteiger partial charge in [0.1, 0.15) is 24.7 Å². The molecule has 0 radical (unpaired) electrons. The molecule has 0 saturated heterocycles. The van der Waals surface area contributed by atoms with Crippen molar-refractivity contribution in [2.75, 3.05) is 13.2 Å². The molecule has 0 heterocycles. The Morgan fingerprint density at radius 2 is 1.53 bits per heavy atom. The lowest BCUT2D eigenvalue weighted by molar-refractivity contribution is -0.138. The monoisotopic (exact) mass is 262 g/mol. The van der Waals surface area contributed by atoms with Crippen LogP contribution < -0.4 is 9.47 Å². The third-order valence-electron chi connectivity index (χ3n) is 1.97. The van der Waals surface area contributed by atoms with Crippen molar-refractivity contribution in [3.63, 3.8) is 0 Å². The van der Waals surface area contributed by atoms with Crippen molar-refractivity contribution in [1.82, 2.24) is 0 Å². The zero-order chi connectivity index (χ0) is 14.1. The largest absolute Gasteiger partial charge is 0.490 e. The molecule has 0 amide bonds. The lowest BCUT2D eigenvalue weighted by atomic mass is 10.3. The Bertz CT molecular complexity index is 461. The first kappa shape index (κ1) is 14.5. The Balaban J connectivity index is 2.35. The molecule has 0 fully saturated rings. The molecule has 1 aromatic carbocycles. The third kappa shape index (κ3) is 5.54. The third-order valence-corrected chi connectivity index (χ3v) is 1.97. The van der Waals surface area contributed by atoms with Crippen molar-refractivity contribution < 1.29 is 23.8 Å². The second-order valence-electron chi connectivity index (χ2n) is 3.32. The van der Waals surface area contributed by atoms with E-state index in [1.807, 2.05) is 0 Å². The van der Waals surface area contributed by atoms with E-state index in [-0.39, 0.29) is 13.2 Å². The zero-order valence-electron chi connectivity index (χ0n) is 10.3. The summed E-state index contributed by atoms with van der Waals surface area (Å²) in [6.07, 6.45) is 2.17. The lowest BCUT2D eigenvalue weighted by Crippen LogP contribution is -2.10. The maximum Gasteiger partial charge on any atom is 0.335 e. The van der Waals surface area contributed by atoms with Crippen LogP contribution >= 0.6 is 0 Å². The Hall–Kier alpha value is -2.56. The van der Waals surface area contributed by atoms with Crippen LogP contribution in [0.4, 0.5) is 0 Å². The SMILES string of the molecule is C=CC(=O)OCCOc1ccc(OC(=O)C=C)cc1. The molecule has 0 unspecified atom stereocenters. The van der Waals surface area contributed by atoms with Crippen molar-refractivity contribution in [3.05, 3.63) is 49.6 Å². The van der Waals surface area contributed by atoms with E-state index in [0.29, 0.717) is 11.5 Å². The molecule has 0 atom stereocenters. The molecule has 0 saturated carbocycles. The van der Waals surface area contributed by atoms with Gasteiger partial charge in [0.2, 0.25) is 0 Å². The highest BCUT2D eigenvalue weighted by molar-refractivity contribution is 5.83. The summed E-state index contributed by atoms with van der Waals surface area (Å²) in [7, 11) is 0. The summed E-state index contributed by atoms with van der Waals surface area (Å²) in [5.74, 6) is -0.0383. The number of hydrogen-bond acceptors (Lipinski definition) is 5. The summed E-state index contributed by atoms with van der Waals surface area (Å²) in [5, 5.41) is 0. The molecular formula is C14H14O5. The first-order valence-corrected chi connectivity index (χ1v) is 5.52. The van der Waals surface area contributed by atoms with Gasteiger partial charge in [-0.25, -0.2) is 9.59 Å². The van der Waals surface area contributed by atoms with Gasteiger partial charge in [0.25, 0.3) is 0 Å². The molecule has 0 aliphatic carbocycles. The molecule has 5 heteroatoms. The van der Waals surface area contributed by atoms with Crippen LogP contribution in [-0.2, 0) is 14.3 Å². The minimum Gasteiger partial charge on any atom is -0.490 e. The second kappa shape index (κ2) is 7.71. The van der Waals surface area contributed by atoms with Gasteiger partial charge in [0.05, 0.1) is 0 Å². The summed E-state index contributed by atoms with van der Waals surface area (Å²) >= 11 is 0. The number of rotatable bonds is 7. The highest BCUT2D eigenvalue weighted by Crippen LogP contribution is 2.17. The highest BCUT2D eigenvalue weighted by Gasteiger charge is 2.01. The molecular weight excluding hydrogens is 248 g/mol. The molecule has 0 aromatic heterocycles. The highest BCUT2D eigenvalue weighted by atomic mass is 16.6. The van der Waals surface area contributed by atoms with Gasteiger partial charge in [-0.1, -0.05) is 13.2 Å². The van der Waals surface area contributed by atoms with E-state index in [9.17, 15) is 9.59 Å². The summed E-state index contributed by atoms with van der Waals surface area (Å²) in [6, 6.07) is 6.46. The maximum atomic E-state index is 10.9. The Kier molecular flexibility index (Phi) is 5.88. The second-order valence-corrected chi connectivity index (χ2v) is 3.32. The predicted molar refractivity (Wildman–Crippen MR) is 68.9 cm³/mol. The van der Waals surface area contributed by atoms with Crippen LogP contribution in [0.3, 0.4) is 0 Å². The molecule has 1 rings (SSSR count). The zero-order valence-corrected chi connectivity index (χ0v) is 10.3. The van der Waals surface area contributed by atoms with Gasteiger partial charge < -0.3 is 14.2 Å². The maximum absolute atomic E-state index is 10.9. The van der Waals surface area contributed by atoms with Gasteiger partial charge in [-0.05, 0) is 24.3 Å². The molecule has 0 bridgehead atoms. The topological polar surface area (TPSA) is 61.8 Å². The van der Waals surface area contributed by atoms with Crippen LogP contribution in [0.5, 0.6) is 11.5 Å². The first-order chi connectivity index (χ1) is 9.15. The molecule has 0 spiro atoms. The van der Waals surface area contributed by atoms with Crippen LogP contribution in [0.25, 0.3) is 0 Å². The fourth-order valence-corrected chi connectivity index (χ4v) is 1.12. The van der Waals surface area contributed by atoms with Gasteiger partial charge in [0.15, 0.2) is 0 Å². The Labute approximate surface area is 111 Å². The van der Waals surface area contributed by atoms with Crippen LogP contribution in [0.2, 0.25) is 0 Å². The average molecular weight is 262 g/mol. The predicted octanol–water partition coefficient (Wildman–Crippen LogP) is 1.89. The first-order valence-electron chi connectivity index (χ1n) is 5.52. The van der Waals surface area contributed by atoms with Gasteiger partial charge in [-0.15, -0.1) is 0 Å². The van der Waals surface area contributed by atoms with Crippen molar-refractivity contribution >= 4 is 11.9 Å². The van der Waals surface area contributed by atoms with Crippen molar-refractivity contribution in [2.45, 2.75) is 0 Å². The van der Waals surface area contributed by atoms with Crippen molar-refractivity contribution in [2.24, 2.45) is 0 Å². The van der Waals surface area contributed by atoms with E-state index in [1.165, 1.54) is 0 Å². The molecule has 5 nitrogen and oxygen atoms in total. The minimum absolute atomic E-state index is 0.137. The number of hydrogen-bond donors (Lipinski definition) is 0. The molecule has 100 valence electrons. The van der Waals surface area contributed by atoms with Crippen LogP contribution in [0.1, 0.15) is 0 Å². The van der Waals surface area contributed by atoms with E-state index in [1.54, 1.807) is 24.3 Å². The standard InChI is InChI=1S/C14H14O5/c1-3-13(15)18-10-9-17-11-5-7-12(8-6-11)19-14(16)4-2/h3-8H,1-2,9-10H2. The lowest BCUT2D eigenvalue weighted by Gasteiger charge is -2.07. The van der Waals surface area contributed by atoms with Gasteiger partial charge in [-0.2, -0.15) is 0 Å². The summed E-state index contributed by atoms with van der Waals surface area (Å²) in [5.41, 5.74) is 0. The normalized spacial score (nSPS) is 9.26.